The number of benzene rings is 7. The van der Waals surface area contributed by atoms with E-state index in [1.54, 1.807) is 0 Å². The van der Waals surface area contributed by atoms with Gasteiger partial charge in [-0.1, -0.05) is 202 Å². The standard InChI is InChI=1S/C31H24.C21H24/c1-2-7-23-12-14-24(15-13-23)16-17-25-18-20-26(21-19-25)31-22-27-8-3-4-9-28(27)29-10-5-6-11-30(29)31;1-4-8-18-11-13-21(20(6-3)16-18)14-12-19-10-7-9-17(5-2)15-19/h2-22H,1H3;4,7-16H,5-6H2,1-3H3/b7-2+,17-16+;8-4+,14-12+. The van der Waals surface area contributed by atoms with Crippen LogP contribution in [0, 0.1) is 0 Å². The first kappa shape index (κ1) is 35.8. The Morgan fingerprint density at radius 1 is 0.404 bits per heavy atom. The number of hydrogen-bond donors (Lipinski definition) is 0. The predicted octanol–water partition coefficient (Wildman–Crippen LogP) is 14.9. The second kappa shape index (κ2) is 17.8. The monoisotopic (exact) mass is 672 g/mol. The van der Waals surface area contributed by atoms with Crippen molar-refractivity contribution >= 4 is 58.0 Å². The third-order valence-electron chi connectivity index (χ3n) is 9.48. The molecule has 0 nitrogen and oxygen atoms in total. The Bertz CT molecular complexity index is 2360. The molecule has 0 unspecified atom stereocenters. The zero-order valence-electron chi connectivity index (χ0n) is 30.9. The fourth-order valence-electron chi connectivity index (χ4n) is 6.66. The van der Waals surface area contributed by atoms with Crippen molar-refractivity contribution in [1.82, 2.24) is 0 Å². The second-order valence-corrected chi connectivity index (χ2v) is 13.1. The summed E-state index contributed by atoms with van der Waals surface area (Å²) in [5, 5.41) is 5.19. The highest BCUT2D eigenvalue weighted by Gasteiger charge is 2.08. The van der Waals surface area contributed by atoms with E-state index < -0.39 is 0 Å². The van der Waals surface area contributed by atoms with Crippen LogP contribution in [0.5, 0.6) is 0 Å². The Morgan fingerprint density at radius 3 is 1.63 bits per heavy atom. The van der Waals surface area contributed by atoms with Crippen molar-refractivity contribution < 1.29 is 0 Å². The topological polar surface area (TPSA) is 0 Å². The van der Waals surface area contributed by atoms with E-state index in [0.29, 0.717) is 0 Å². The summed E-state index contributed by atoms with van der Waals surface area (Å²) in [6, 6.07) is 52.5. The molecule has 0 fully saturated rings. The molecule has 0 heterocycles. The molecule has 7 aromatic rings. The molecule has 0 spiro atoms. The van der Waals surface area contributed by atoms with Crippen molar-refractivity contribution in [2.45, 2.75) is 40.5 Å². The lowest BCUT2D eigenvalue weighted by Gasteiger charge is -2.11. The summed E-state index contributed by atoms with van der Waals surface area (Å²) in [4.78, 5) is 0. The molecule has 52 heavy (non-hydrogen) atoms. The Kier molecular flexibility index (Phi) is 12.3. The highest BCUT2D eigenvalue weighted by atomic mass is 14.1. The molecule has 7 aromatic carbocycles. The quantitative estimate of drug-likeness (QED) is 0.106. The highest BCUT2D eigenvalue weighted by molar-refractivity contribution is 6.13. The first-order valence-electron chi connectivity index (χ1n) is 18.5. The van der Waals surface area contributed by atoms with Crippen LogP contribution in [0.15, 0.2) is 158 Å². The van der Waals surface area contributed by atoms with Crippen LogP contribution in [-0.4, -0.2) is 0 Å². The van der Waals surface area contributed by atoms with Crippen LogP contribution in [0.2, 0.25) is 0 Å². The Balaban J connectivity index is 0.000000194. The number of rotatable bonds is 9. The molecule has 256 valence electrons. The largest absolute Gasteiger partial charge is 0.0871 e. The summed E-state index contributed by atoms with van der Waals surface area (Å²) in [5.74, 6) is 0. The molecular formula is C52H48. The molecule has 0 amide bonds. The van der Waals surface area contributed by atoms with E-state index in [4.69, 9.17) is 0 Å². The molecule has 0 radical (unpaired) electrons. The minimum Gasteiger partial charge on any atom is -0.0871 e. The second-order valence-electron chi connectivity index (χ2n) is 13.1. The average molecular weight is 673 g/mol. The van der Waals surface area contributed by atoms with Crippen molar-refractivity contribution in [1.29, 1.82) is 0 Å². The van der Waals surface area contributed by atoms with E-state index in [-0.39, 0.29) is 0 Å². The van der Waals surface area contributed by atoms with Gasteiger partial charge in [-0.15, -0.1) is 0 Å². The van der Waals surface area contributed by atoms with Gasteiger partial charge in [-0.3, -0.25) is 0 Å². The smallest absolute Gasteiger partial charge is 0.00990 e. The van der Waals surface area contributed by atoms with Gasteiger partial charge in [0.2, 0.25) is 0 Å². The van der Waals surface area contributed by atoms with Gasteiger partial charge in [-0.25, -0.2) is 0 Å². The van der Waals surface area contributed by atoms with Crippen molar-refractivity contribution in [2.75, 3.05) is 0 Å². The van der Waals surface area contributed by atoms with E-state index in [1.807, 2.05) is 6.92 Å². The molecule has 0 heteroatoms. The van der Waals surface area contributed by atoms with E-state index >= 15 is 0 Å². The van der Waals surface area contributed by atoms with E-state index in [0.717, 1.165) is 12.8 Å². The van der Waals surface area contributed by atoms with Crippen LogP contribution in [0.25, 0.3) is 69.1 Å². The van der Waals surface area contributed by atoms with Gasteiger partial charge < -0.3 is 0 Å². The number of allylic oxidation sites excluding steroid dienone is 2. The molecule has 0 aromatic heterocycles. The number of aryl methyl sites for hydroxylation is 2. The predicted molar refractivity (Wildman–Crippen MR) is 232 cm³/mol. The van der Waals surface area contributed by atoms with E-state index in [2.05, 4.69) is 215 Å². The molecule has 0 bridgehead atoms. The van der Waals surface area contributed by atoms with Crippen molar-refractivity contribution in [3.63, 3.8) is 0 Å². The molecule has 0 N–H and O–H groups in total. The van der Waals surface area contributed by atoms with Crippen LogP contribution < -0.4 is 0 Å². The molecular weight excluding hydrogens is 625 g/mol. The lowest BCUT2D eigenvalue weighted by Crippen LogP contribution is -1.87. The summed E-state index contributed by atoms with van der Waals surface area (Å²) in [7, 11) is 0. The Labute approximate surface area is 310 Å². The van der Waals surface area contributed by atoms with E-state index in [1.165, 1.54) is 77.2 Å². The van der Waals surface area contributed by atoms with Gasteiger partial charge in [-0.2, -0.15) is 0 Å². The molecule has 0 aliphatic heterocycles. The van der Waals surface area contributed by atoms with Crippen LogP contribution >= 0.6 is 0 Å². The van der Waals surface area contributed by atoms with Gasteiger partial charge in [0.05, 0.1) is 0 Å². The summed E-state index contributed by atoms with van der Waals surface area (Å²) < 4.78 is 0. The molecule has 0 aliphatic rings. The first-order valence-corrected chi connectivity index (χ1v) is 18.5. The lowest BCUT2D eigenvalue weighted by atomic mass is 9.93. The van der Waals surface area contributed by atoms with Gasteiger partial charge >= 0.3 is 0 Å². The molecule has 0 saturated carbocycles. The minimum absolute atomic E-state index is 1.06. The van der Waals surface area contributed by atoms with Gasteiger partial charge in [0, 0.05) is 0 Å². The van der Waals surface area contributed by atoms with Crippen LogP contribution in [-0.2, 0) is 12.8 Å². The Hall–Kier alpha value is -5.98. The summed E-state index contributed by atoms with van der Waals surface area (Å²) in [5.41, 5.74) is 12.8. The minimum atomic E-state index is 1.06. The zero-order valence-corrected chi connectivity index (χ0v) is 30.9. The van der Waals surface area contributed by atoms with Gasteiger partial charge in [0.15, 0.2) is 0 Å². The van der Waals surface area contributed by atoms with Crippen molar-refractivity contribution in [3.05, 3.63) is 202 Å². The maximum absolute atomic E-state index is 2.31. The maximum atomic E-state index is 2.31. The summed E-state index contributed by atoms with van der Waals surface area (Å²) in [6.45, 7) is 8.50. The van der Waals surface area contributed by atoms with Crippen LogP contribution in [0.1, 0.15) is 72.2 Å². The van der Waals surface area contributed by atoms with Crippen molar-refractivity contribution in [3.8, 4) is 11.1 Å². The molecule has 7 rings (SSSR count). The van der Waals surface area contributed by atoms with Crippen LogP contribution in [0.3, 0.4) is 0 Å². The fourth-order valence-corrected chi connectivity index (χ4v) is 6.66. The normalized spacial score (nSPS) is 11.7. The van der Waals surface area contributed by atoms with Gasteiger partial charge in [-0.05, 0) is 110 Å². The third kappa shape index (κ3) is 9.02. The van der Waals surface area contributed by atoms with Crippen LogP contribution in [0.4, 0.5) is 0 Å². The Morgan fingerprint density at radius 2 is 0.962 bits per heavy atom. The molecule has 0 aliphatic carbocycles. The lowest BCUT2D eigenvalue weighted by molar-refractivity contribution is 1.13. The first-order chi connectivity index (χ1) is 25.6. The number of fused-ring (bicyclic) bond motifs is 3. The average Bonchev–Trinajstić information content (AvgIpc) is 3.20. The summed E-state index contributed by atoms with van der Waals surface area (Å²) >= 11 is 0. The maximum Gasteiger partial charge on any atom is -0.00990 e. The zero-order chi connectivity index (χ0) is 36.1. The molecule has 0 atom stereocenters. The highest BCUT2D eigenvalue weighted by Crippen LogP contribution is 2.35. The van der Waals surface area contributed by atoms with Gasteiger partial charge in [0.25, 0.3) is 0 Å². The number of hydrogen-bond acceptors (Lipinski definition) is 0. The van der Waals surface area contributed by atoms with E-state index in [9.17, 15) is 0 Å². The molecule has 0 saturated heterocycles. The van der Waals surface area contributed by atoms with Gasteiger partial charge in [0.1, 0.15) is 0 Å². The SMILES string of the molecule is C/C=C/c1ccc(/C=C/c2ccc(-c3cc4ccccc4c4ccccc34)cc2)cc1.C/C=C/c1ccc(/C=C/c2cccc(CC)c2)c(CC)c1. The third-order valence-corrected chi connectivity index (χ3v) is 9.48. The fraction of sp³-hybridized carbons (Fsp3) is 0.115. The summed E-state index contributed by atoms with van der Waals surface area (Å²) in [6.07, 6.45) is 19.3. The van der Waals surface area contributed by atoms with Crippen molar-refractivity contribution in [2.24, 2.45) is 0 Å².